The summed E-state index contributed by atoms with van der Waals surface area (Å²) in [5.74, 6) is 0.669. The van der Waals surface area contributed by atoms with Crippen molar-refractivity contribution in [1.29, 1.82) is 0 Å². The van der Waals surface area contributed by atoms with Gasteiger partial charge in [0.15, 0.2) is 0 Å². The summed E-state index contributed by atoms with van der Waals surface area (Å²) in [5.41, 5.74) is 0.0132. The third kappa shape index (κ3) is 4.36. The number of aromatic nitrogens is 1. The van der Waals surface area contributed by atoms with Gasteiger partial charge in [-0.3, -0.25) is 10.1 Å². The summed E-state index contributed by atoms with van der Waals surface area (Å²) in [6.07, 6.45) is 1.26. The molecule has 17 heavy (non-hydrogen) atoms. The normalized spacial score (nSPS) is 10.5. The van der Waals surface area contributed by atoms with Crippen molar-refractivity contribution in [2.24, 2.45) is 0 Å². The Labute approximate surface area is 101 Å². The maximum absolute atomic E-state index is 10.4. The Hall–Kier alpha value is -1.69. The van der Waals surface area contributed by atoms with Gasteiger partial charge in [0, 0.05) is 19.2 Å². The van der Waals surface area contributed by atoms with Crippen LogP contribution in [0, 0.1) is 10.1 Å². The van der Waals surface area contributed by atoms with Crippen molar-refractivity contribution in [3.8, 4) is 0 Å². The molecular formula is C11H18N4O2. The number of nitrogens with zero attached hydrogens (tertiary/aromatic N) is 3. The number of pyridine rings is 1. The standard InChI is InChI=1S/C11H18N4O2/c1-3-14(4-2)8-7-12-11-6-5-10(9-13-11)15(16)17/h5-6,9H,3-4,7-8H2,1-2H3,(H,12,13). The lowest BCUT2D eigenvalue weighted by atomic mass is 10.4. The van der Waals surface area contributed by atoms with Crippen molar-refractivity contribution in [3.63, 3.8) is 0 Å². The number of rotatable bonds is 7. The zero-order chi connectivity index (χ0) is 12.7. The molecule has 1 N–H and O–H groups in total. The minimum Gasteiger partial charge on any atom is -0.369 e. The fourth-order valence-corrected chi connectivity index (χ4v) is 1.48. The highest BCUT2D eigenvalue weighted by Gasteiger charge is 2.05. The molecule has 0 saturated carbocycles. The third-order valence-electron chi connectivity index (χ3n) is 2.59. The maximum Gasteiger partial charge on any atom is 0.287 e. The van der Waals surface area contributed by atoms with E-state index in [-0.39, 0.29) is 5.69 Å². The Kier molecular flexibility index (Phi) is 5.35. The highest BCUT2D eigenvalue weighted by molar-refractivity contribution is 5.39. The average molecular weight is 238 g/mol. The Balaban J connectivity index is 2.39. The van der Waals surface area contributed by atoms with Crippen LogP contribution in [0.5, 0.6) is 0 Å². The molecule has 0 aliphatic rings. The molecule has 1 aromatic rings. The zero-order valence-corrected chi connectivity index (χ0v) is 10.2. The van der Waals surface area contributed by atoms with Crippen LogP contribution in [0.2, 0.25) is 0 Å². The quantitative estimate of drug-likeness (QED) is 0.578. The van der Waals surface area contributed by atoms with Crippen molar-refractivity contribution in [3.05, 3.63) is 28.4 Å². The van der Waals surface area contributed by atoms with Crippen molar-refractivity contribution in [1.82, 2.24) is 9.88 Å². The van der Waals surface area contributed by atoms with Gasteiger partial charge in [0.1, 0.15) is 12.0 Å². The fraction of sp³-hybridized carbons (Fsp3) is 0.545. The van der Waals surface area contributed by atoms with Gasteiger partial charge in [0.05, 0.1) is 4.92 Å². The molecular weight excluding hydrogens is 220 g/mol. The van der Waals surface area contributed by atoms with Crippen LogP contribution < -0.4 is 5.32 Å². The van der Waals surface area contributed by atoms with Crippen LogP contribution in [0.15, 0.2) is 18.3 Å². The van der Waals surface area contributed by atoms with Gasteiger partial charge in [-0.25, -0.2) is 4.98 Å². The first-order valence-electron chi connectivity index (χ1n) is 5.74. The van der Waals surface area contributed by atoms with E-state index in [0.717, 1.165) is 26.2 Å². The Morgan fingerprint density at radius 3 is 2.59 bits per heavy atom. The highest BCUT2D eigenvalue weighted by atomic mass is 16.6. The monoisotopic (exact) mass is 238 g/mol. The van der Waals surface area contributed by atoms with E-state index in [1.807, 2.05) is 0 Å². The molecule has 0 radical (unpaired) electrons. The van der Waals surface area contributed by atoms with E-state index in [9.17, 15) is 10.1 Å². The summed E-state index contributed by atoms with van der Waals surface area (Å²) >= 11 is 0. The number of anilines is 1. The first kappa shape index (κ1) is 13.4. The Bertz CT molecular complexity index is 349. The van der Waals surface area contributed by atoms with Crippen LogP contribution in [-0.2, 0) is 0 Å². The smallest absolute Gasteiger partial charge is 0.287 e. The van der Waals surface area contributed by atoms with Gasteiger partial charge in [-0.15, -0.1) is 0 Å². The molecule has 0 unspecified atom stereocenters. The van der Waals surface area contributed by atoms with Gasteiger partial charge in [-0.05, 0) is 19.2 Å². The van der Waals surface area contributed by atoms with Crippen molar-refractivity contribution in [2.45, 2.75) is 13.8 Å². The summed E-state index contributed by atoms with van der Waals surface area (Å²) in [4.78, 5) is 16.2. The number of nitro groups is 1. The molecule has 94 valence electrons. The Morgan fingerprint density at radius 1 is 1.41 bits per heavy atom. The molecule has 1 aromatic heterocycles. The molecule has 0 spiro atoms. The first-order chi connectivity index (χ1) is 8.17. The van der Waals surface area contributed by atoms with E-state index in [1.165, 1.54) is 12.3 Å². The lowest BCUT2D eigenvalue weighted by Gasteiger charge is -2.18. The van der Waals surface area contributed by atoms with E-state index >= 15 is 0 Å². The van der Waals surface area contributed by atoms with Crippen LogP contribution in [0.1, 0.15) is 13.8 Å². The van der Waals surface area contributed by atoms with Crippen molar-refractivity contribution < 1.29 is 4.92 Å². The van der Waals surface area contributed by atoms with Crippen LogP contribution >= 0.6 is 0 Å². The predicted octanol–water partition coefficient (Wildman–Crippen LogP) is 1.74. The maximum atomic E-state index is 10.4. The number of hydrogen-bond acceptors (Lipinski definition) is 5. The predicted molar refractivity (Wildman–Crippen MR) is 67.2 cm³/mol. The second kappa shape index (κ2) is 6.80. The van der Waals surface area contributed by atoms with Gasteiger partial charge in [0.25, 0.3) is 5.69 Å². The second-order valence-electron chi connectivity index (χ2n) is 3.61. The molecule has 6 heteroatoms. The third-order valence-corrected chi connectivity index (χ3v) is 2.59. The fourth-order valence-electron chi connectivity index (χ4n) is 1.48. The van der Waals surface area contributed by atoms with Gasteiger partial charge in [-0.1, -0.05) is 13.8 Å². The molecule has 0 amide bonds. The van der Waals surface area contributed by atoms with Crippen LogP contribution in [0.4, 0.5) is 11.5 Å². The SMILES string of the molecule is CCN(CC)CCNc1ccc([N+](=O)[O-])cn1. The molecule has 1 heterocycles. The zero-order valence-electron chi connectivity index (χ0n) is 10.2. The topological polar surface area (TPSA) is 71.3 Å². The lowest BCUT2D eigenvalue weighted by Crippen LogP contribution is -2.28. The number of hydrogen-bond donors (Lipinski definition) is 1. The lowest BCUT2D eigenvalue weighted by molar-refractivity contribution is -0.385. The van der Waals surface area contributed by atoms with E-state index in [0.29, 0.717) is 5.82 Å². The summed E-state index contributed by atoms with van der Waals surface area (Å²) in [6.45, 7) is 8.00. The molecule has 0 aliphatic heterocycles. The summed E-state index contributed by atoms with van der Waals surface area (Å²) in [5, 5.41) is 13.6. The van der Waals surface area contributed by atoms with Crippen LogP contribution in [0.3, 0.4) is 0 Å². The molecule has 0 aromatic carbocycles. The van der Waals surface area contributed by atoms with E-state index in [2.05, 4.69) is 29.0 Å². The summed E-state index contributed by atoms with van der Waals surface area (Å²) in [6, 6.07) is 3.08. The molecule has 6 nitrogen and oxygen atoms in total. The molecule has 1 rings (SSSR count). The summed E-state index contributed by atoms with van der Waals surface area (Å²) in [7, 11) is 0. The summed E-state index contributed by atoms with van der Waals surface area (Å²) < 4.78 is 0. The first-order valence-corrected chi connectivity index (χ1v) is 5.74. The minimum atomic E-state index is -0.452. The average Bonchev–Trinajstić information content (AvgIpc) is 2.35. The van der Waals surface area contributed by atoms with Crippen molar-refractivity contribution >= 4 is 11.5 Å². The Morgan fingerprint density at radius 2 is 2.12 bits per heavy atom. The van der Waals surface area contributed by atoms with Gasteiger partial charge in [-0.2, -0.15) is 0 Å². The van der Waals surface area contributed by atoms with Crippen molar-refractivity contribution in [2.75, 3.05) is 31.5 Å². The van der Waals surface area contributed by atoms with E-state index < -0.39 is 4.92 Å². The van der Waals surface area contributed by atoms with Crippen LogP contribution in [-0.4, -0.2) is 41.0 Å². The largest absolute Gasteiger partial charge is 0.369 e. The second-order valence-corrected chi connectivity index (χ2v) is 3.61. The van der Waals surface area contributed by atoms with E-state index in [4.69, 9.17) is 0 Å². The van der Waals surface area contributed by atoms with Gasteiger partial charge in [0.2, 0.25) is 0 Å². The molecule has 0 bridgehead atoms. The molecule has 0 fully saturated rings. The van der Waals surface area contributed by atoms with Crippen LogP contribution in [0.25, 0.3) is 0 Å². The van der Waals surface area contributed by atoms with Gasteiger partial charge >= 0.3 is 0 Å². The molecule has 0 atom stereocenters. The minimum absolute atomic E-state index is 0.0132. The highest BCUT2D eigenvalue weighted by Crippen LogP contribution is 2.11. The van der Waals surface area contributed by atoms with E-state index in [1.54, 1.807) is 6.07 Å². The number of likely N-dealkylation sites (N-methyl/N-ethyl adjacent to an activating group) is 1. The number of nitrogens with one attached hydrogen (secondary N) is 1. The molecule has 0 saturated heterocycles. The van der Waals surface area contributed by atoms with Gasteiger partial charge < -0.3 is 10.2 Å². The molecule has 0 aliphatic carbocycles.